The van der Waals surface area contributed by atoms with Gasteiger partial charge in [0, 0.05) is 18.8 Å². The summed E-state index contributed by atoms with van der Waals surface area (Å²) < 4.78 is 5.36. The summed E-state index contributed by atoms with van der Waals surface area (Å²) in [5, 5.41) is 3.42. The van der Waals surface area contributed by atoms with Crippen LogP contribution in [0.1, 0.15) is 18.1 Å². The molecular formula is C17H21NO. The number of benzene rings is 2. The van der Waals surface area contributed by atoms with Crippen molar-refractivity contribution >= 4 is 5.69 Å². The van der Waals surface area contributed by atoms with Gasteiger partial charge in [0.25, 0.3) is 0 Å². The van der Waals surface area contributed by atoms with Crippen LogP contribution < -0.4 is 5.32 Å². The summed E-state index contributed by atoms with van der Waals surface area (Å²) in [6, 6.07) is 19.0. The molecule has 0 aliphatic rings. The summed E-state index contributed by atoms with van der Waals surface area (Å²) in [4.78, 5) is 0. The van der Waals surface area contributed by atoms with Gasteiger partial charge in [0.15, 0.2) is 0 Å². The molecule has 0 fully saturated rings. The van der Waals surface area contributed by atoms with Crippen LogP contribution in [0.25, 0.3) is 0 Å². The molecule has 0 bridgehead atoms. The first-order valence-electron chi connectivity index (χ1n) is 6.83. The van der Waals surface area contributed by atoms with Crippen molar-refractivity contribution in [1.82, 2.24) is 0 Å². The fraction of sp³-hybridized carbons (Fsp3) is 0.294. The van der Waals surface area contributed by atoms with Gasteiger partial charge in [-0.1, -0.05) is 42.5 Å². The SMILES string of the molecule is CCOCCc1ccc(NCc2ccccc2)cc1. The molecule has 100 valence electrons. The second kappa shape index (κ2) is 7.59. The summed E-state index contributed by atoms with van der Waals surface area (Å²) in [5.41, 5.74) is 3.77. The van der Waals surface area contributed by atoms with Gasteiger partial charge in [0.2, 0.25) is 0 Å². The van der Waals surface area contributed by atoms with Gasteiger partial charge in [0.05, 0.1) is 6.61 Å². The van der Waals surface area contributed by atoms with Gasteiger partial charge in [0.1, 0.15) is 0 Å². The van der Waals surface area contributed by atoms with E-state index in [1.54, 1.807) is 0 Å². The van der Waals surface area contributed by atoms with Crippen LogP contribution in [0.4, 0.5) is 5.69 Å². The molecule has 2 aromatic rings. The number of anilines is 1. The van der Waals surface area contributed by atoms with E-state index in [2.05, 4.69) is 53.8 Å². The van der Waals surface area contributed by atoms with E-state index in [9.17, 15) is 0 Å². The minimum atomic E-state index is 0.788. The number of hydrogen-bond acceptors (Lipinski definition) is 2. The summed E-state index contributed by atoms with van der Waals surface area (Å²) in [6.07, 6.45) is 0.979. The van der Waals surface area contributed by atoms with Gasteiger partial charge < -0.3 is 10.1 Å². The van der Waals surface area contributed by atoms with Crippen molar-refractivity contribution in [2.75, 3.05) is 18.5 Å². The van der Waals surface area contributed by atoms with E-state index in [1.807, 2.05) is 13.0 Å². The highest BCUT2D eigenvalue weighted by Gasteiger charge is 1.96. The van der Waals surface area contributed by atoms with Gasteiger partial charge in [-0.3, -0.25) is 0 Å². The Kier molecular flexibility index (Phi) is 5.45. The molecule has 2 nitrogen and oxygen atoms in total. The maximum absolute atomic E-state index is 5.36. The highest BCUT2D eigenvalue weighted by atomic mass is 16.5. The average molecular weight is 255 g/mol. The third-order valence-corrected chi connectivity index (χ3v) is 3.03. The van der Waals surface area contributed by atoms with Gasteiger partial charge in [-0.25, -0.2) is 0 Å². The molecule has 2 aromatic carbocycles. The molecule has 1 N–H and O–H groups in total. The maximum atomic E-state index is 5.36. The molecule has 0 radical (unpaired) electrons. The standard InChI is InChI=1S/C17H21NO/c1-2-19-13-12-15-8-10-17(11-9-15)18-14-16-6-4-3-5-7-16/h3-11,18H,2,12-14H2,1H3. The first kappa shape index (κ1) is 13.6. The highest BCUT2D eigenvalue weighted by Crippen LogP contribution is 2.11. The Morgan fingerprint density at radius 2 is 1.63 bits per heavy atom. The van der Waals surface area contributed by atoms with Crippen molar-refractivity contribution < 1.29 is 4.74 Å². The quantitative estimate of drug-likeness (QED) is 0.758. The number of nitrogens with one attached hydrogen (secondary N) is 1. The first-order valence-corrected chi connectivity index (χ1v) is 6.83. The van der Waals surface area contributed by atoms with Crippen molar-refractivity contribution in [1.29, 1.82) is 0 Å². The van der Waals surface area contributed by atoms with Crippen LogP contribution in [0.15, 0.2) is 54.6 Å². The minimum Gasteiger partial charge on any atom is -0.381 e. The van der Waals surface area contributed by atoms with Crippen LogP contribution in [0, 0.1) is 0 Å². The molecular weight excluding hydrogens is 234 g/mol. The molecule has 0 unspecified atom stereocenters. The molecule has 0 atom stereocenters. The zero-order chi connectivity index (χ0) is 13.3. The zero-order valence-electron chi connectivity index (χ0n) is 11.4. The lowest BCUT2D eigenvalue weighted by atomic mass is 10.1. The molecule has 0 amide bonds. The monoisotopic (exact) mass is 255 g/mol. The number of rotatable bonds is 7. The number of hydrogen-bond donors (Lipinski definition) is 1. The molecule has 19 heavy (non-hydrogen) atoms. The smallest absolute Gasteiger partial charge is 0.0506 e. The fourth-order valence-electron chi connectivity index (χ4n) is 1.92. The van der Waals surface area contributed by atoms with E-state index in [0.717, 1.165) is 31.9 Å². The molecule has 0 saturated carbocycles. The van der Waals surface area contributed by atoms with E-state index in [4.69, 9.17) is 4.74 Å². The maximum Gasteiger partial charge on any atom is 0.0506 e. The van der Waals surface area contributed by atoms with E-state index < -0.39 is 0 Å². The molecule has 0 saturated heterocycles. The molecule has 0 aromatic heterocycles. The van der Waals surface area contributed by atoms with Crippen molar-refractivity contribution in [3.05, 3.63) is 65.7 Å². The summed E-state index contributed by atoms with van der Waals surface area (Å²) in [5.74, 6) is 0. The Balaban J connectivity index is 1.81. The average Bonchev–Trinajstić information content (AvgIpc) is 2.48. The minimum absolute atomic E-state index is 0.788. The fourth-order valence-corrected chi connectivity index (χ4v) is 1.92. The lowest BCUT2D eigenvalue weighted by Crippen LogP contribution is -2.00. The normalized spacial score (nSPS) is 10.4. The van der Waals surface area contributed by atoms with Crippen LogP contribution in [0.5, 0.6) is 0 Å². The molecule has 0 spiro atoms. The predicted molar refractivity (Wildman–Crippen MR) is 80.4 cm³/mol. The van der Waals surface area contributed by atoms with E-state index in [0.29, 0.717) is 0 Å². The van der Waals surface area contributed by atoms with Crippen LogP contribution in [0.3, 0.4) is 0 Å². The molecule has 0 heterocycles. The van der Waals surface area contributed by atoms with E-state index >= 15 is 0 Å². The van der Waals surface area contributed by atoms with Crippen LogP contribution in [-0.4, -0.2) is 13.2 Å². The largest absolute Gasteiger partial charge is 0.381 e. The highest BCUT2D eigenvalue weighted by molar-refractivity contribution is 5.45. The van der Waals surface area contributed by atoms with Crippen LogP contribution >= 0.6 is 0 Å². The van der Waals surface area contributed by atoms with Gasteiger partial charge in [-0.05, 0) is 36.6 Å². The summed E-state index contributed by atoms with van der Waals surface area (Å²) in [6.45, 7) is 4.47. The van der Waals surface area contributed by atoms with Crippen LogP contribution in [0.2, 0.25) is 0 Å². The Hall–Kier alpha value is -1.80. The van der Waals surface area contributed by atoms with Gasteiger partial charge >= 0.3 is 0 Å². The Morgan fingerprint density at radius 3 is 2.32 bits per heavy atom. The van der Waals surface area contributed by atoms with Gasteiger partial charge in [-0.15, -0.1) is 0 Å². The lowest BCUT2D eigenvalue weighted by Gasteiger charge is -2.08. The molecule has 2 rings (SSSR count). The molecule has 0 aliphatic carbocycles. The zero-order valence-corrected chi connectivity index (χ0v) is 11.4. The number of ether oxygens (including phenoxy) is 1. The second-order valence-corrected chi connectivity index (χ2v) is 4.48. The third-order valence-electron chi connectivity index (χ3n) is 3.03. The van der Waals surface area contributed by atoms with Crippen LogP contribution in [-0.2, 0) is 17.7 Å². The first-order chi connectivity index (χ1) is 9.38. The Labute approximate surface area is 115 Å². The summed E-state index contributed by atoms with van der Waals surface area (Å²) >= 11 is 0. The predicted octanol–water partition coefficient (Wildman–Crippen LogP) is 3.88. The van der Waals surface area contributed by atoms with Crippen molar-refractivity contribution in [3.63, 3.8) is 0 Å². The Bertz CT molecular complexity index is 464. The van der Waals surface area contributed by atoms with E-state index in [-0.39, 0.29) is 0 Å². The second-order valence-electron chi connectivity index (χ2n) is 4.48. The van der Waals surface area contributed by atoms with Crippen molar-refractivity contribution in [2.45, 2.75) is 19.9 Å². The summed E-state index contributed by atoms with van der Waals surface area (Å²) in [7, 11) is 0. The third kappa shape index (κ3) is 4.76. The molecule has 2 heteroatoms. The van der Waals surface area contributed by atoms with Crippen molar-refractivity contribution in [3.8, 4) is 0 Å². The van der Waals surface area contributed by atoms with E-state index in [1.165, 1.54) is 11.1 Å². The topological polar surface area (TPSA) is 21.3 Å². The van der Waals surface area contributed by atoms with Gasteiger partial charge in [-0.2, -0.15) is 0 Å². The lowest BCUT2D eigenvalue weighted by molar-refractivity contribution is 0.151. The van der Waals surface area contributed by atoms with Crippen molar-refractivity contribution in [2.24, 2.45) is 0 Å². The molecule has 0 aliphatic heterocycles. The Morgan fingerprint density at radius 1 is 0.895 bits per heavy atom.